The number of nitrogens with one attached hydrogen (secondary N) is 2. The highest BCUT2D eigenvalue weighted by Gasteiger charge is 2.36. The number of nitrogens with zero attached hydrogens (tertiary/aromatic N) is 1. The van der Waals surface area contributed by atoms with Gasteiger partial charge in [0.15, 0.2) is 0 Å². The first-order valence-electron chi connectivity index (χ1n) is 7.68. The third-order valence-electron chi connectivity index (χ3n) is 4.07. The van der Waals surface area contributed by atoms with Crippen LogP contribution in [0.1, 0.15) is 25.3 Å². The topological polar surface area (TPSA) is 112 Å². The monoisotopic (exact) mass is 351 g/mol. The summed E-state index contributed by atoms with van der Waals surface area (Å²) in [7, 11) is -3.78. The molecule has 0 radical (unpaired) electrons. The number of aromatic nitrogens is 2. The Labute approximate surface area is 141 Å². The fraction of sp³-hybridized carbons (Fsp3) is 0.375. The van der Waals surface area contributed by atoms with Gasteiger partial charge >= 0.3 is 0 Å². The molecule has 24 heavy (non-hydrogen) atoms. The molecule has 2 unspecified atom stereocenters. The van der Waals surface area contributed by atoms with Crippen molar-refractivity contribution >= 4 is 15.7 Å². The van der Waals surface area contributed by atoms with Crippen molar-refractivity contribution in [3.63, 3.8) is 0 Å². The van der Waals surface area contributed by atoms with Gasteiger partial charge in [0.05, 0.1) is 11.2 Å². The highest BCUT2D eigenvalue weighted by molar-refractivity contribution is 7.91. The molecule has 0 spiro atoms. The average Bonchev–Trinajstić information content (AvgIpc) is 3.14. The van der Waals surface area contributed by atoms with Crippen molar-refractivity contribution in [3.8, 4) is 0 Å². The van der Waals surface area contributed by atoms with Crippen LogP contribution in [0.15, 0.2) is 47.9 Å². The van der Waals surface area contributed by atoms with E-state index in [1.54, 1.807) is 5.48 Å². The molecule has 0 bridgehead atoms. The van der Waals surface area contributed by atoms with Gasteiger partial charge in [-0.05, 0) is 31.7 Å². The minimum absolute atomic E-state index is 0.172. The molecule has 0 aliphatic rings. The number of hydrogen-bond donors (Lipinski definition) is 3. The molecular weight excluding hydrogens is 330 g/mol. The minimum Gasteiger partial charge on any atom is -0.336 e. The van der Waals surface area contributed by atoms with E-state index < -0.39 is 26.9 Å². The van der Waals surface area contributed by atoms with Crippen LogP contribution < -0.4 is 5.48 Å². The number of hydrogen-bond acceptors (Lipinski definition) is 5. The lowest BCUT2D eigenvalue weighted by Gasteiger charge is -2.21. The zero-order valence-electron chi connectivity index (χ0n) is 13.3. The summed E-state index contributed by atoms with van der Waals surface area (Å²) in [6, 6.07) is 9.73. The number of aryl methyl sites for hydroxylation is 1. The van der Waals surface area contributed by atoms with Gasteiger partial charge in [-0.25, -0.2) is 18.9 Å². The Morgan fingerprint density at radius 3 is 2.62 bits per heavy atom. The molecular formula is C16H21N3O4S. The van der Waals surface area contributed by atoms with Gasteiger partial charge in [-0.15, -0.1) is 0 Å². The number of amides is 1. The first-order valence-corrected chi connectivity index (χ1v) is 9.22. The molecule has 7 nitrogen and oxygen atoms in total. The summed E-state index contributed by atoms with van der Waals surface area (Å²) in [5, 5.41) is 7.77. The standard InChI is InChI=1S/C16H21N3O4S/c1-12(24(22,23)16-17-10-11-18-16)14(15(20)19-21)9-5-8-13-6-3-2-4-7-13/h2-4,6-7,10-12,14,21H,5,8-9H2,1H3,(H,17,18)(H,19,20). The van der Waals surface area contributed by atoms with Gasteiger partial charge in [-0.1, -0.05) is 30.3 Å². The Balaban J connectivity index is 2.09. The molecule has 0 fully saturated rings. The zero-order valence-corrected chi connectivity index (χ0v) is 14.2. The van der Waals surface area contributed by atoms with Gasteiger partial charge in [0.25, 0.3) is 0 Å². The van der Waals surface area contributed by atoms with E-state index in [-0.39, 0.29) is 5.16 Å². The van der Waals surface area contributed by atoms with E-state index in [4.69, 9.17) is 5.21 Å². The van der Waals surface area contributed by atoms with Gasteiger partial charge in [0, 0.05) is 12.4 Å². The maximum absolute atomic E-state index is 12.5. The third-order valence-corrected chi connectivity index (χ3v) is 6.14. The number of sulfone groups is 1. The van der Waals surface area contributed by atoms with Crippen LogP contribution in [0.2, 0.25) is 0 Å². The lowest BCUT2D eigenvalue weighted by molar-refractivity contribution is -0.133. The van der Waals surface area contributed by atoms with Crippen molar-refractivity contribution in [2.24, 2.45) is 5.92 Å². The van der Waals surface area contributed by atoms with Crippen molar-refractivity contribution in [1.82, 2.24) is 15.4 Å². The molecule has 2 rings (SSSR count). The lowest BCUT2D eigenvalue weighted by atomic mass is 9.96. The molecule has 0 saturated heterocycles. The number of hydroxylamine groups is 1. The van der Waals surface area contributed by atoms with E-state index in [1.165, 1.54) is 19.3 Å². The Kier molecular flexibility index (Phi) is 6.10. The molecule has 1 aromatic heterocycles. The van der Waals surface area contributed by atoms with Crippen LogP contribution in [0.25, 0.3) is 0 Å². The van der Waals surface area contributed by atoms with Crippen LogP contribution in [0.4, 0.5) is 0 Å². The van der Waals surface area contributed by atoms with Gasteiger partial charge in [-0.2, -0.15) is 0 Å². The number of aromatic amines is 1. The molecule has 0 saturated carbocycles. The highest BCUT2D eigenvalue weighted by Crippen LogP contribution is 2.23. The van der Waals surface area contributed by atoms with Gasteiger partial charge in [-0.3, -0.25) is 10.0 Å². The van der Waals surface area contributed by atoms with Gasteiger partial charge in [0.2, 0.25) is 20.9 Å². The maximum Gasteiger partial charge on any atom is 0.247 e. The van der Waals surface area contributed by atoms with E-state index in [0.717, 1.165) is 12.0 Å². The normalized spacial score (nSPS) is 14.1. The fourth-order valence-electron chi connectivity index (χ4n) is 2.63. The molecule has 2 atom stereocenters. The first-order chi connectivity index (χ1) is 11.5. The van der Waals surface area contributed by atoms with E-state index in [1.807, 2.05) is 30.3 Å². The van der Waals surface area contributed by atoms with Crippen LogP contribution in [0.5, 0.6) is 0 Å². The SMILES string of the molecule is CC(C(CCCc1ccccc1)C(=O)NO)S(=O)(=O)c1ncc[nH]1. The van der Waals surface area contributed by atoms with E-state index >= 15 is 0 Å². The first kappa shape index (κ1) is 18.2. The van der Waals surface area contributed by atoms with Crippen LogP contribution in [-0.4, -0.2) is 34.8 Å². The summed E-state index contributed by atoms with van der Waals surface area (Å²) in [5.41, 5.74) is 2.69. The van der Waals surface area contributed by atoms with Gasteiger partial charge in [0.1, 0.15) is 0 Å². The summed E-state index contributed by atoms with van der Waals surface area (Å²) < 4.78 is 25.1. The summed E-state index contributed by atoms with van der Waals surface area (Å²) in [4.78, 5) is 18.3. The Bertz CT molecular complexity index is 745. The van der Waals surface area contributed by atoms with Crippen LogP contribution in [-0.2, 0) is 21.1 Å². The van der Waals surface area contributed by atoms with Crippen molar-refractivity contribution < 1.29 is 18.4 Å². The molecule has 8 heteroatoms. The summed E-state index contributed by atoms with van der Waals surface area (Å²) in [6.07, 6.45) is 4.44. The smallest absolute Gasteiger partial charge is 0.247 e. The quantitative estimate of drug-likeness (QED) is 0.495. The van der Waals surface area contributed by atoms with Crippen molar-refractivity contribution in [2.75, 3.05) is 0 Å². The summed E-state index contributed by atoms with van der Waals surface area (Å²) in [6.45, 7) is 1.46. The molecule has 2 aromatic rings. The third kappa shape index (κ3) is 4.21. The van der Waals surface area contributed by atoms with Crippen LogP contribution in [0.3, 0.4) is 0 Å². The van der Waals surface area contributed by atoms with E-state index in [9.17, 15) is 13.2 Å². The number of H-pyrrole nitrogens is 1. The van der Waals surface area contributed by atoms with Crippen molar-refractivity contribution in [2.45, 2.75) is 36.6 Å². The molecule has 1 amide bonds. The van der Waals surface area contributed by atoms with Crippen LogP contribution in [0, 0.1) is 5.92 Å². The second kappa shape index (κ2) is 8.07. The fourth-order valence-corrected chi connectivity index (χ4v) is 4.12. The summed E-state index contributed by atoms with van der Waals surface area (Å²) in [5.74, 6) is -1.57. The predicted octanol–water partition coefficient (Wildman–Crippen LogP) is 1.72. The average molecular weight is 351 g/mol. The van der Waals surface area contributed by atoms with E-state index in [2.05, 4.69) is 9.97 Å². The Hall–Kier alpha value is -2.19. The van der Waals surface area contributed by atoms with Crippen molar-refractivity contribution in [3.05, 3.63) is 48.3 Å². The molecule has 0 aliphatic heterocycles. The molecule has 3 N–H and O–H groups in total. The number of imidazole rings is 1. The Morgan fingerprint density at radius 2 is 2.04 bits per heavy atom. The van der Waals surface area contributed by atoms with Gasteiger partial charge < -0.3 is 4.98 Å². The predicted molar refractivity (Wildman–Crippen MR) is 88.0 cm³/mol. The molecule has 1 heterocycles. The van der Waals surface area contributed by atoms with Crippen molar-refractivity contribution in [1.29, 1.82) is 0 Å². The number of carbonyl (C=O) groups excluding carboxylic acids is 1. The van der Waals surface area contributed by atoms with E-state index in [0.29, 0.717) is 12.8 Å². The second-order valence-corrected chi connectivity index (χ2v) is 7.83. The number of rotatable bonds is 8. The largest absolute Gasteiger partial charge is 0.336 e. The molecule has 130 valence electrons. The minimum atomic E-state index is -3.78. The number of carbonyl (C=O) groups is 1. The molecule has 1 aromatic carbocycles. The second-order valence-electron chi connectivity index (χ2n) is 5.60. The maximum atomic E-state index is 12.5. The zero-order chi connectivity index (χ0) is 17.6. The molecule has 0 aliphatic carbocycles. The van der Waals surface area contributed by atoms with Crippen LogP contribution >= 0.6 is 0 Å². The highest BCUT2D eigenvalue weighted by atomic mass is 32.2. The number of benzene rings is 1. The summed E-state index contributed by atoms with van der Waals surface area (Å²) >= 11 is 0. The lowest BCUT2D eigenvalue weighted by Crippen LogP contribution is -2.39. The Morgan fingerprint density at radius 1 is 1.33 bits per heavy atom.